The van der Waals surface area contributed by atoms with Gasteiger partial charge in [0.25, 0.3) is 0 Å². The van der Waals surface area contributed by atoms with Gasteiger partial charge in [-0.1, -0.05) is 24.0 Å². The molecule has 1 saturated heterocycles. The Morgan fingerprint density at radius 1 is 1.15 bits per heavy atom. The van der Waals surface area contributed by atoms with Crippen molar-refractivity contribution in [3.63, 3.8) is 0 Å². The molecular formula is C21H24ClN3O2. The first-order chi connectivity index (χ1) is 12.7. The smallest absolute Gasteiger partial charge is 0.318 e. The molecule has 2 fully saturated rings. The average molecular weight is 386 g/mol. The van der Waals surface area contributed by atoms with Crippen molar-refractivity contribution in [2.24, 2.45) is 0 Å². The molecule has 0 radical (unpaired) electrons. The standard InChI is InChI=1S/C21H23N3O2.ClH/c1-26-19-5-4-17-14-16(2-3-18(17)15-19)6-7-21(8-9-21)23-20(25)24-12-10-22-11-13-24;/h2-5,14-15,22H,8-13H2,1H3,(H,23,25);1H. The number of nitrogens with one attached hydrogen (secondary N) is 2. The van der Waals surface area contributed by atoms with E-state index in [1.54, 1.807) is 7.11 Å². The summed E-state index contributed by atoms with van der Waals surface area (Å²) in [6, 6.07) is 12.2. The van der Waals surface area contributed by atoms with Crippen LogP contribution in [0.4, 0.5) is 4.79 Å². The summed E-state index contributed by atoms with van der Waals surface area (Å²) in [6.45, 7) is 3.22. The number of methoxy groups -OCH3 is 1. The molecule has 2 aromatic rings. The molecule has 1 saturated carbocycles. The second kappa shape index (κ2) is 8.08. The molecule has 142 valence electrons. The van der Waals surface area contributed by atoms with Crippen molar-refractivity contribution in [2.75, 3.05) is 33.3 Å². The summed E-state index contributed by atoms with van der Waals surface area (Å²) in [6.07, 6.45) is 1.84. The maximum Gasteiger partial charge on any atom is 0.318 e. The van der Waals surface area contributed by atoms with E-state index in [-0.39, 0.29) is 24.0 Å². The Bertz CT molecular complexity index is 893. The largest absolute Gasteiger partial charge is 0.497 e. The number of piperazine rings is 1. The summed E-state index contributed by atoms with van der Waals surface area (Å²) in [5.74, 6) is 7.40. The fourth-order valence-corrected chi connectivity index (χ4v) is 3.18. The summed E-state index contributed by atoms with van der Waals surface area (Å²) in [5.41, 5.74) is 0.613. The van der Waals surface area contributed by atoms with Gasteiger partial charge in [-0.2, -0.15) is 0 Å². The summed E-state index contributed by atoms with van der Waals surface area (Å²) in [7, 11) is 1.67. The molecule has 5 nitrogen and oxygen atoms in total. The van der Waals surface area contributed by atoms with Crippen LogP contribution >= 0.6 is 12.4 Å². The van der Waals surface area contributed by atoms with E-state index in [0.717, 1.165) is 61.1 Å². The zero-order valence-electron chi connectivity index (χ0n) is 15.4. The molecule has 0 bridgehead atoms. The average Bonchev–Trinajstić information content (AvgIpc) is 3.46. The van der Waals surface area contributed by atoms with Gasteiger partial charge < -0.3 is 20.3 Å². The molecule has 2 amide bonds. The zero-order valence-corrected chi connectivity index (χ0v) is 16.2. The summed E-state index contributed by atoms with van der Waals surface area (Å²) < 4.78 is 5.26. The minimum atomic E-state index is -0.350. The highest BCUT2D eigenvalue weighted by atomic mass is 35.5. The van der Waals surface area contributed by atoms with Crippen LogP contribution in [0.2, 0.25) is 0 Å². The molecule has 1 heterocycles. The van der Waals surface area contributed by atoms with Gasteiger partial charge in [-0.05, 0) is 47.9 Å². The number of benzene rings is 2. The third kappa shape index (κ3) is 4.47. The fraction of sp³-hybridized carbons (Fsp3) is 0.381. The lowest BCUT2D eigenvalue weighted by Gasteiger charge is -2.28. The van der Waals surface area contributed by atoms with Crippen molar-refractivity contribution in [1.82, 2.24) is 15.5 Å². The minimum absolute atomic E-state index is 0. The van der Waals surface area contributed by atoms with Crippen LogP contribution in [0.15, 0.2) is 36.4 Å². The van der Waals surface area contributed by atoms with Crippen molar-refractivity contribution < 1.29 is 9.53 Å². The van der Waals surface area contributed by atoms with Crippen LogP contribution in [-0.2, 0) is 0 Å². The van der Waals surface area contributed by atoms with Crippen molar-refractivity contribution >= 4 is 29.2 Å². The highest BCUT2D eigenvalue weighted by molar-refractivity contribution is 5.85. The van der Waals surface area contributed by atoms with E-state index in [9.17, 15) is 4.79 Å². The zero-order chi connectivity index (χ0) is 18.0. The molecule has 1 aliphatic carbocycles. The lowest BCUT2D eigenvalue weighted by atomic mass is 10.1. The third-order valence-corrected chi connectivity index (χ3v) is 4.99. The number of ether oxygens (including phenoxy) is 1. The quantitative estimate of drug-likeness (QED) is 0.781. The molecule has 2 aromatic carbocycles. The number of rotatable bonds is 2. The first kappa shape index (κ1) is 19.3. The SMILES string of the molecule is COc1ccc2cc(C#CC3(NC(=O)N4CCNCC4)CC3)ccc2c1.Cl. The second-order valence-corrected chi connectivity index (χ2v) is 6.93. The van der Waals surface area contributed by atoms with Gasteiger partial charge in [-0.25, -0.2) is 4.79 Å². The Kier molecular flexibility index (Phi) is 5.79. The minimum Gasteiger partial charge on any atom is -0.497 e. The molecule has 0 atom stereocenters. The normalized spacial score (nSPS) is 17.3. The van der Waals surface area contributed by atoms with Crippen LogP contribution in [0.1, 0.15) is 18.4 Å². The van der Waals surface area contributed by atoms with E-state index >= 15 is 0 Å². The van der Waals surface area contributed by atoms with Crippen LogP contribution in [0, 0.1) is 11.8 Å². The van der Waals surface area contributed by atoms with Crippen LogP contribution < -0.4 is 15.4 Å². The van der Waals surface area contributed by atoms with Gasteiger partial charge in [0.2, 0.25) is 0 Å². The first-order valence-corrected chi connectivity index (χ1v) is 9.06. The van der Waals surface area contributed by atoms with Gasteiger partial charge in [0.05, 0.1) is 7.11 Å². The predicted octanol–water partition coefficient (Wildman–Crippen LogP) is 2.77. The Morgan fingerprint density at radius 2 is 1.85 bits per heavy atom. The Morgan fingerprint density at radius 3 is 2.56 bits per heavy atom. The number of hydrogen-bond donors (Lipinski definition) is 2. The highest BCUT2D eigenvalue weighted by Crippen LogP contribution is 2.35. The summed E-state index contributed by atoms with van der Waals surface area (Å²) in [5, 5.41) is 8.65. The van der Waals surface area contributed by atoms with Gasteiger partial charge in [0.1, 0.15) is 11.3 Å². The molecule has 2 N–H and O–H groups in total. The van der Waals surface area contributed by atoms with Gasteiger partial charge >= 0.3 is 6.03 Å². The maximum atomic E-state index is 12.4. The van der Waals surface area contributed by atoms with E-state index in [1.165, 1.54) is 0 Å². The molecule has 0 spiro atoms. The number of amides is 2. The topological polar surface area (TPSA) is 53.6 Å². The molecule has 27 heavy (non-hydrogen) atoms. The molecule has 0 unspecified atom stereocenters. The monoisotopic (exact) mass is 385 g/mol. The first-order valence-electron chi connectivity index (χ1n) is 9.06. The molecule has 0 aromatic heterocycles. The molecule has 2 aliphatic rings. The van der Waals surface area contributed by atoms with Crippen molar-refractivity contribution in [1.29, 1.82) is 0 Å². The van der Waals surface area contributed by atoms with Gasteiger partial charge in [0.15, 0.2) is 0 Å². The van der Waals surface area contributed by atoms with E-state index in [4.69, 9.17) is 4.74 Å². The molecular weight excluding hydrogens is 362 g/mol. The Balaban J connectivity index is 0.00000210. The number of fused-ring (bicyclic) bond motifs is 1. The Labute approximate surface area is 165 Å². The number of nitrogens with zero attached hydrogens (tertiary/aromatic N) is 1. The predicted molar refractivity (Wildman–Crippen MR) is 110 cm³/mol. The summed E-state index contributed by atoms with van der Waals surface area (Å²) in [4.78, 5) is 14.3. The third-order valence-electron chi connectivity index (χ3n) is 4.99. The molecule has 6 heteroatoms. The van der Waals surface area contributed by atoms with Crippen molar-refractivity contribution in [3.05, 3.63) is 42.0 Å². The molecule has 4 rings (SSSR count). The van der Waals surface area contributed by atoms with Crippen molar-refractivity contribution in [3.8, 4) is 17.6 Å². The number of carbonyl (C=O) groups is 1. The van der Waals surface area contributed by atoms with Crippen molar-refractivity contribution in [2.45, 2.75) is 18.4 Å². The van der Waals surface area contributed by atoms with Crippen LogP contribution in [-0.4, -0.2) is 49.8 Å². The van der Waals surface area contributed by atoms with Gasteiger partial charge in [-0.15, -0.1) is 12.4 Å². The maximum absolute atomic E-state index is 12.4. The number of hydrogen-bond acceptors (Lipinski definition) is 3. The van der Waals surface area contributed by atoms with E-state index < -0.39 is 0 Å². The highest BCUT2D eigenvalue weighted by Gasteiger charge is 2.43. The van der Waals surface area contributed by atoms with Gasteiger partial charge in [0, 0.05) is 31.7 Å². The second-order valence-electron chi connectivity index (χ2n) is 6.93. The number of carbonyl (C=O) groups excluding carboxylic acids is 1. The number of halogens is 1. The van der Waals surface area contributed by atoms with Crippen LogP contribution in [0.5, 0.6) is 5.75 Å². The van der Waals surface area contributed by atoms with E-state index in [1.807, 2.05) is 29.2 Å². The Hall–Kier alpha value is -2.42. The van der Waals surface area contributed by atoms with E-state index in [0.29, 0.717) is 0 Å². The van der Waals surface area contributed by atoms with Crippen LogP contribution in [0.25, 0.3) is 10.8 Å². The van der Waals surface area contributed by atoms with Crippen LogP contribution in [0.3, 0.4) is 0 Å². The van der Waals surface area contributed by atoms with E-state index in [2.05, 4.69) is 34.6 Å². The molecule has 1 aliphatic heterocycles. The fourth-order valence-electron chi connectivity index (χ4n) is 3.18. The number of urea groups is 1. The lowest BCUT2D eigenvalue weighted by molar-refractivity contribution is 0.187. The van der Waals surface area contributed by atoms with Gasteiger partial charge in [-0.3, -0.25) is 0 Å². The summed E-state index contributed by atoms with van der Waals surface area (Å²) >= 11 is 0. The lowest BCUT2D eigenvalue weighted by Crippen LogP contribution is -2.52.